The summed E-state index contributed by atoms with van der Waals surface area (Å²) < 4.78 is 5.49. The summed E-state index contributed by atoms with van der Waals surface area (Å²) in [5.74, 6) is 0.875. The molecule has 0 saturated heterocycles. The third-order valence-electron chi connectivity index (χ3n) is 3.46. The molecule has 1 N–H and O–H groups in total. The van der Waals surface area contributed by atoms with E-state index in [-0.39, 0.29) is 6.04 Å². The number of ether oxygens (including phenoxy) is 1. The van der Waals surface area contributed by atoms with Crippen molar-refractivity contribution in [3.05, 3.63) is 77.9 Å². The molecule has 0 fully saturated rings. The van der Waals surface area contributed by atoms with Gasteiger partial charge in [0.15, 0.2) is 0 Å². The van der Waals surface area contributed by atoms with E-state index in [9.17, 15) is 0 Å². The molecule has 1 atom stereocenters. The van der Waals surface area contributed by atoms with E-state index in [0.29, 0.717) is 0 Å². The van der Waals surface area contributed by atoms with Crippen LogP contribution in [0.1, 0.15) is 30.5 Å². The minimum absolute atomic E-state index is 0.0834. The average Bonchev–Trinajstić information content (AvgIpc) is 2.59. The van der Waals surface area contributed by atoms with Gasteiger partial charge >= 0.3 is 0 Å². The summed E-state index contributed by atoms with van der Waals surface area (Å²) in [4.78, 5) is 0.751. The first-order chi connectivity index (χ1) is 10.8. The van der Waals surface area contributed by atoms with Gasteiger partial charge in [0.1, 0.15) is 10.7 Å². The highest BCUT2D eigenvalue weighted by Crippen LogP contribution is 2.27. The Kier molecular flexibility index (Phi) is 6.16. The summed E-state index contributed by atoms with van der Waals surface area (Å²) in [5, 5.41) is 3.46. The number of benzene rings is 2. The lowest BCUT2D eigenvalue weighted by Gasteiger charge is -2.21. The highest BCUT2D eigenvalue weighted by atomic mass is 32.1. The van der Waals surface area contributed by atoms with Crippen LogP contribution in [0.3, 0.4) is 0 Å². The van der Waals surface area contributed by atoms with Crippen molar-refractivity contribution in [1.82, 2.24) is 5.32 Å². The SMILES string of the molecule is C/C=C/CC(NC(=S)c1ccccc1)c1ccccc1OC. The van der Waals surface area contributed by atoms with Crippen LogP contribution in [0.25, 0.3) is 0 Å². The van der Waals surface area contributed by atoms with Gasteiger partial charge in [-0.2, -0.15) is 0 Å². The number of methoxy groups -OCH3 is 1. The molecule has 0 saturated carbocycles. The lowest BCUT2D eigenvalue weighted by atomic mass is 10.0. The van der Waals surface area contributed by atoms with Crippen LogP contribution >= 0.6 is 12.2 Å². The Labute approximate surface area is 137 Å². The summed E-state index contributed by atoms with van der Waals surface area (Å²) in [6, 6.07) is 18.1. The Morgan fingerprint density at radius 3 is 2.50 bits per heavy atom. The van der Waals surface area contributed by atoms with Crippen LogP contribution in [-0.4, -0.2) is 12.1 Å². The molecule has 1 unspecified atom stereocenters. The van der Waals surface area contributed by atoms with E-state index < -0.39 is 0 Å². The number of thiocarbonyl (C=S) groups is 1. The van der Waals surface area contributed by atoms with Crippen molar-refractivity contribution in [2.24, 2.45) is 0 Å². The van der Waals surface area contributed by atoms with Crippen LogP contribution < -0.4 is 10.1 Å². The van der Waals surface area contributed by atoms with Crippen LogP contribution in [0.2, 0.25) is 0 Å². The molecule has 0 aromatic heterocycles. The molecule has 2 aromatic carbocycles. The van der Waals surface area contributed by atoms with Gasteiger partial charge in [0.25, 0.3) is 0 Å². The molecule has 2 nitrogen and oxygen atoms in total. The maximum absolute atomic E-state index is 5.55. The van der Waals surface area contributed by atoms with Gasteiger partial charge in [-0.15, -0.1) is 0 Å². The number of hydrogen-bond acceptors (Lipinski definition) is 2. The van der Waals surface area contributed by atoms with Gasteiger partial charge in [-0.05, 0) is 19.4 Å². The highest BCUT2D eigenvalue weighted by molar-refractivity contribution is 7.80. The van der Waals surface area contributed by atoms with Gasteiger partial charge in [0, 0.05) is 11.1 Å². The minimum Gasteiger partial charge on any atom is -0.496 e. The lowest BCUT2D eigenvalue weighted by Crippen LogP contribution is -2.27. The molecule has 0 heterocycles. The van der Waals surface area contributed by atoms with Crippen molar-refractivity contribution in [2.45, 2.75) is 19.4 Å². The third kappa shape index (κ3) is 4.18. The first-order valence-electron chi connectivity index (χ1n) is 7.36. The van der Waals surface area contributed by atoms with Gasteiger partial charge in [-0.25, -0.2) is 0 Å². The maximum atomic E-state index is 5.55. The Balaban J connectivity index is 2.25. The fraction of sp³-hybridized carbons (Fsp3) is 0.211. The molecular formula is C19H21NOS. The number of allylic oxidation sites excluding steroid dienone is 1. The Hall–Kier alpha value is -2.13. The normalized spacial score (nSPS) is 12.1. The van der Waals surface area contributed by atoms with E-state index in [4.69, 9.17) is 17.0 Å². The quantitative estimate of drug-likeness (QED) is 0.619. The maximum Gasteiger partial charge on any atom is 0.124 e. The van der Waals surface area contributed by atoms with Gasteiger partial charge < -0.3 is 10.1 Å². The molecule has 0 radical (unpaired) electrons. The second-order valence-corrected chi connectivity index (χ2v) is 5.35. The molecular weight excluding hydrogens is 290 g/mol. The van der Waals surface area contributed by atoms with E-state index >= 15 is 0 Å². The Bertz CT molecular complexity index is 637. The second-order valence-electron chi connectivity index (χ2n) is 4.94. The highest BCUT2D eigenvalue weighted by Gasteiger charge is 2.16. The molecule has 2 aromatic rings. The van der Waals surface area contributed by atoms with E-state index in [1.54, 1.807) is 7.11 Å². The van der Waals surface area contributed by atoms with E-state index in [2.05, 4.69) is 23.5 Å². The van der Waals surface area contributed by atoms with E-state index in [0.717, 1.165) is 28.3 Å². The molecule has 0 aliphatic carbocycles. The summed E-state index contributed by atoms with van der Waals surface area (Å²) in [6.45, 7) is 2.02. The Morgan fingerprint density at radius 2 is 1.82 bits per heavy atom. The number of nitrogens with one attached hydrogen (secondary N) is 1. The van der Waals surface area contributed by atoms with E-state index in [1.165, 1.54) is 0 Å². The summed E-state index contributed by atoms with van der Waals surface area (Å²) >= 11 is 5.55. The van der Waals surface area contributed by atoms with Crippen molar-refractivity contribution < 1.29 is 4.74 Å². The van der Waals surface area contributed by atoms with Crippen molar-refractivity contribution in [3.63, 3.8) is 0 Å². The Morgan fingerprint density at radius 1 is 1.14 bits per heavy atom. The molecule has 2 rings (SSSR count). The molecule has 0 amide bonds. The first kappa shape index (κ1) is 16.2. The van der Waals surface area contributed by atoms with E-state index in [1.807, 2.05) is 55.5 Å². The van der Waals surface area contributed by atoms with Gasteiger partial charge in [0.05, 0.1) is 13.2 Å². The number of para-hydroxylation sites is 1. The number of rotatable bonds is 6. The van der Waals surface area contributed by atoms with Crippen molar-refractivity contribution in [3.8, 4) is 5.75 Å². The smallest absolute Gasteiger partial charge is 0.124 e. The zero-order valence-corrected chi connectivity index (χ0v) is 13.8. The first-order valence-corrected chi connectivity index (χ1v) is 7.77. The fourth-order valence-electron chi connectivity index (χ4n) is 2.32. The largest absolute Gasteiger partial charge is 0.496 e. The second kappa shape index (κ2) is 8.35. The predicted octanol–water partition coefficient (Wildman–Crippen LogP) is 4.67. The zero-order chi connectivity index (χ0) is 15.8. The average molecular weight is 311 g/mol. The van der Waals surface area contributed by atoms with Gasteiger partial charge in [-0.3, -0.25) is 0 Å². The van der Waals surface area contributed by atoms with Crippen molar-refractivity contribution >= 4 is 17.2 Å². The van der Waals surface area contributed by atoms with Crippen LogP contribution in [0.5, 0.6) is 5.75 Å². The fourth-order valence-corrected chi connectivity index (χ4v) is 2.60. The van der Waals surface area contributed by atoms with Crippen LogP contribution in [-0.2, 0) is 0 Å². The summed E-state index contributed by atoms with van der Waals surface area (Å²) in [6.07, 6.45) is 5.04. The molecule has 0 spiro atoms. The third-order valence-corrected chi connectivity index (χ3v) is 3.82. The monoisotopic (exact) mass is 311 g/mol. The molecule has 0 aliphatic heterocycles. The van der Waals surface area contributed by atoms with Crippen molar-refractivity contribution in [2.75, 3.05) is 7.11 Å². The molecule has 22 heavy (non-hydrogen) atoms. The number of hydrogen-bond donors (Lipinski definition) is 1. The van der Waals surface area contributed by atoms with Crippen molar-refractivity contribution in [1.29, 1.82) is 0 Å². The van der Waals surface area contributed by atoms with Crippen LogP contribution in [0, 0.1) is 0 Å². The minimum atomic E-state index is 0.0834. The standard InChI is InChI=1S/C19H21NOS/c1-3-4-13-17(16-12-8-9-14-18(16)21-2)20-19(22)15-10-6-5-7-11-15/h3-12,14,17H,13H2,1-2H3,(H,20,22)/b4-3+. The molecule has 0 aliphatic rings. The topological polar surface area (TPSA) is 21.3 Å². The molecule has 114 valence electrons. The summed E-state index contributed by atoms with van der Waals surface area (Å²) in [5.41, 5.74) is 2.14. The summed E-state index contributed by atoms with van der Waals surface area (Å²) in [7, 11) is 1.70. The predicted molar refractivity (Wildman–Crippen MR) is 96.4 cm³/mol. The zero-order valence-electron chi connectivity index (χ0n) is 13.0. The van der Waals surface area contributed by atoms with Gasteiger partial charge in [0.2, 0.25) is 0 Å². The van der Waals surface area contributed by atoms with Crippen LogP contribution in [0.15, 0.2) is 66.7 Å². The lowest BCUT2D eigenvalue weighted by molar-refractivity contribution is 0.404. The molecule has 3 heteroatoms. The van der Waals surface area contributed by atoms with Gasteiger partial charge in [-0.1, -0.05) is 72.9 Å². The van der Waals surface area contributed by atoms with Crippen LogP contribution in [0.4, 0.5) is 0 Å². The molecule has 0 bridgehead atoms.